The van der Waals surface area contributed by atoms with Gasteiger partial charge in [0.1, 0.15) is 23.0 Å². The van der Waals surface area contributed by atoms with Crippen molar-refractivity contribution in [1.82, 2.24) is 0 Å². The molecule has 0 saturated heterocycles. The predicted molar refractivity (Wildman–Crippen MR) is 101 cm³/mol. The van der Waals surface area contributed by atoms with Gasteiger partial charge in [0.2, 0.25) is 0 Å². The number of aliphatic hydroxyl groups is 2. The van der Waals surface area contributed by atoms with Gasteiger partial charge in [-0.1, -0.05) is 18.2 Å². The highest BCUT2D eigenvalue weighted by atomic mass is 16.5. The molecular weight excluding hydrogens is 346 g/mol. The van der Waals surface area contributed by atoms with E-state index in [1.54, 1.807) is 36.4 Å². The van der Waals surface area contributed by atoms with Gasteiger partial charge in [-0.05, 0) is 60.7 Å². The third-order valence-electron chi connectivity index (χ3n) is 3.64. The Labute approximate surface area is 156 Å². The molecule has 3 aromatic carbocycles. The Bertz CT molecular complexity index is 863. The summed E-state index contributed by atoms with van der Waals surface area (Å²) in [6.07, 6.45) is -1.45. The van der Waals surface area contributed by atoms with Crippen LogP contribution in [-0.4, -0.2) is 28.8 Å². The average Bonchev–Trinajstić information content (AvgIpc) is 2.71. The standard InChI is InChI=1S/C21H19NO5/c23-14-20(24)21(25)22-15-6-8-17(9-7-15)27-19-12-10-18(11-13-19)26-16-4-2-1-3-5-16/h1-13,20,23-24H,14H2,(H,22,25). The first-order chi connectivity index (χ1) is 13.1. The molecule has 0 fully saturated rings. The van der Waals surface area contributed by atoms with Crippen molar-refractivity contribution in [1.29, 1.82) is 0 Å². The lowest BCUT2D eigenvalue weighted by Gasteiger charge is -2.10. The molecule has 1 unspecified atom stereocenters. The van der Waals surface area contributed by atoms with E-state index in [1.165, 1.54) is 0 Å². The first kappa shape index (κ1) is 18.4. The summed E-state index contributed by atoms with van der Waals surface area (Å²) in [7, 11) is 0. The highest BCUT2D eigenvalue weighted by Crippen LogP contribution is 2.27. The van der Waals surface area contributed by atoms with Gasteiger partial charge >= 0.3 is 0 Å². The average molecular weight is 365 g/mol. The molecule has 27 heavy (non-hydrogen) atoms. The van der Waals surface area contributed by atoms with Crippen LogP contribution in [0.2, 0.25) is 0 Å². The fourth-order valence-corrected chi connectivity index (χ4v) is 2.25. The van der Waals surface area contributed by atoms with Crippen LogP contribution in [-0.2, 0) is 4.79 Å². The van der Waals surface area contributed by atoms with Gasteiger partial charge in [-0.25, -0.2) is 0 Å². The maximum atomic E-state index is 11.5. The summed E-state index contributed by atoms with van der Waals surface area (Å²) >= 11 is 0. The Kier molecular flexibility index (Phi) is 6.04. The van der Waals surface area contributed by atoms with Crippen molar-refractivity contribution in [2.24, 2.45) is 0 Å². The fraction of sp³-hybridized carbons (Fsp3) is 0.0952. The molecule has 6 heteroatoms. The Balaban J connectivity index is 1.58. The number of benzene rings is 3. The second kappa shape index (κ2) is 8.84. The third kappa shape index (κ3) is 5.31. The van der Waals surface area contributed by atoms with Gasteiger partial charge in [0.15, 0.2) is 6.10 Å². The molecule has 1 atom stereocenters. The number of nitrogens with one attached hydrogen (secondary N) is 1. The minimum Gasteiger partial charge on any atom is -0.457 e. The molecule has 0 aromatic heterocycles. The van der Waals surface area contributed by atoms with E-state index < -0.39 is 18.6 Å². The maximum Gasteiger partial charge on any atom is 0.255 e. The topological polar surface area (TPSA) is 88.0 Å². The molecule has 3 N–H and O–H groups in total. The van der Waals surface area contributed by atoms with E-state index in [0.717, 1.165) is 5.75 Å². The number of para-hydroxylation sites is 1. The van der Waals surface area contributed by atoms with Gasteiger partial charge in [-0.15, -0.1) is 0 Å². The zero-order chi connectivity index (χ0) is 19.1. The highest BCUT2D eigenvalue weighted by Gasteiger charge is 2.13. The van der Waals surface area contributed by atoms with E-state index in [2.05, 4.69) is 5.32 Å². The molecule has 0 heterocycles. The molecule has 0 saturated carbocycles. The summed E-state index contributed by atoms with van der Waals surface area (Å²) in [4.78, 5) is 11.5. The zero-order valence-electron chi connectivity index (χ0n) is 14.4. The summed E-state index contributed by atoms with van der Waals surface area (Å²) in [5.41, 5.74) is 0.492. The molecule has 0 aliphatic heterocycles. The van der Waals surface area contributed by atoms with E-state index in [9.17, 15) is 9.90 Å². The van der Waals surface area contributed by atoms with E-state index in [4.69, 9.17) is 14.6 Å². The monoisotopic (exact) mass is 365 g/mol. The van der Waals surface area contributed by atoms with Crippen molar-refractivity contribution in [2.45, 2.75) is 6.10 Å². The maximum absolute atomic E-state index is 11.5. The second-order valence-corrected chi connectivity index (χ2v) is 5.70. The molecular formula is C21H19NO5. The Morgan fingerprint density at radius 1 is 0.778 bits per heavy atom. The van der Waals surface area contributed by atoms with Gasteiger partial charge < -0.3 is 25.0 Å². The molecule has 0 radical (unpaired) electrons. The number of hydrogen-bond donors (Lipinski definition) is 3. The lowest BCUT2D eigenvalue weighted by molar-refractivity contribution is -0.125. The van der Waals surface area contributed by atoms with E-state index in [0.29, 0.717) is 22.9 Å². The minimum absolute atomic E-state index is 0.492. The third-order valence-corrected chi connectivity index (χ3v) is 3.64. The number of rotatable bonds is 7. The van der Waals surface area contributed by atoms with Crippen LogP contribution in [0.1, 0.15) is 0 Å². The van der Waals surface area contributed by atoms with Crippen LogP contribution in [0.15, 0.2) is 78.9 Å². The minimum atomic E-state index is -1.45. The van der Waals surface area contributed by atoms with Gasteiger partial charge in [-0.2, -0.15) is 0 Å². The lowest BCUT2D eigenvalue weighted by Crippen LogP contribution is -2.30. The van der Waals surface area contributed by atoms with Gasteiger partial charge in [0.05, 0.1) is 6.61 Å². The van der Waals surface area contributed by atoms with Crippen LogP contribution < -0.4 is 14.8 Å². The summed E-state index contributed by atoms with van der Waals surface area (Å²) in [5.74, 6) is 2.03. The molecule has 1 amide bonds. The fourth-order valence-electron chi connectivity index (χ4n) is 2.25. The number of aliphatic hydroxyl groups excluding tert-OH is 2. The number of amides is 1. The van der Waals surface area contributed by atoms with Crippen LogP contribution in [0.4, 0.5) is 5.69 Å². The van der Waals surface area contributed by atoms with E-state index in [1.807, 2.05) is 42.5 Å². The van der Waals surface area contributed by atoms with Crippen molar-refractivity contribution >= 4 is 11.6 Å². The number of hydrogen-bond acceptors (Lipinski definition) is 5. The number of carbonyl (C=O) groups is 1. The SMILES string of the molecule is O=C(Nc1ccc(Oc2ccc(Oc3ccccc3)cc2)cc1)C(O)CO. The van der Waals surface area contributed by atoms with Gasteiger partial charge in [0.25, 0.3) is 5.91 Å². The van der Waals surface area contributed by atoms with Crippen molar-refractivity contribution in [2.75, 3.05) is 11.9 Å². The van der Waals surface area contributed by atoms with Crippen LogP contribution in [0, 0.1) is 0 Å². The summed E-state index contributed by atoms with van der Waals surface area (Å²) < 4.78 is 11.5. The smallest absolute Gasteiger partial charge is 0.255 e. The van der Waals surface area contributed by atoms with E-state index in [-0.39, 0.29) is 0 Å². The van der Waals surface area contributed by atoms with Crippen LogP contribution in [0.5, 0.6) is 23.0 Å². The van der Waals surface area contributed by atoms with Crippen molar-refractivity contribution < 1.29 is 24.5 Å². The first-order valence-electron chi connectivity index (χ1n) is 8.35. The summed E-state index contributed by atoms with van der Waals surface area (Å²) in [6, 6.07) is 23.4. The number of carbonyl (C=O) groups excluding carboxylic acids is 1. The van der Waals surface area contributed by atoms with Crippen molar-refractivity contribution in [3.05, 3.63) is 78.9 Å². The number of ether oxygens (including phenoxy) is 2. The normalized spacial score (nSPS) is 11.5. The number of anilines is 1. The quantitative estimate of drug-likeness (QED) is 0.596. The van der Waals surface area contributed by atoms with Crippen molar-refractivity contribution in [3.63, 3.8) is 0 Å². The lowest BCUT2D eigenvalue weighted by atomic mass is 10.2. The molecule has 0 spiro atoms. The molecule has 0 aliphatic rings. The van der Waals surface area contributed by atoms with Crippen molar-refractivity contribution in [3.8, 4) is 23.0 Å². The molecule has 0 bridgehead atoms. The second-order valence-electron chi connectivity index (χ2n) is 5.70. The molecule has 6 nitrogen and oxygen atoms in total. The van der Waals surface area contributed by atoms with Crippen LogP contribution >= 0.6 is 0 Å². The molecule has 0 aliphatic carbocycles. The largest absolute Gasteiger partial charge is 0.457 e. The van der Waals surface area contributed by atoms with Crippen LogP contribution in [0.3, 0.4) is 0 Å². The predicted octanol–water partition coefficient (Wildman–Crippen LogP) is 3.56. The van der Waals surface area contributed by atoms with Gasteiger partial charge in [0, 0.05) is 5.69 Å². The molecule has 3 aromatic rings. The Morgan fingerprint density at radius 3 is 1.70 bits per heavy atom. The van der Waals surface area contributed by atoms with Crippen LogP contribution in [0.25, 0.3) is 0 Å². The van der Waals surface area contributed by atoms with Gasteiger partial charge in [-0.3, -0.25) is 4.79 Å². The summed E-state index contributed by atoms with van der Waals surface area (Å²) in [5, 5.41) is 20.5. The van der Waals surface area contributed by atoms with E-state index >= 15 is 0 Å². The first-order valence-corrected chi connectivity index (χ1v) is 8.35. The molecule has 3 rings (SSSR count). The molecule has 138 valence electrons. The highest BCUT2D eigenvalue weighted by molar-refractivity contribution is 5.94. The Hall–Kier alpha value is -3.35. The zero-order valence-corrected chi connectivity index (χ0v) is 14.4. The summed E-state index contributed by atoms with van der Waals surface area (Å²) in [6.45, 7) is -0.628. The Morgan fingerprint density at radius 2 is 1.22 bits per heavy atom.